The van der Waals surface area contributed by atoms with Gasteiger partial charge < -0.3 is 15.4 Å². The van der Waals surface area contributed by atoms with E-state index in [1.807, 2.05) is 23.7 Å². The van der Waals surface area contributed by atoms with E-state index in [-0.39, 0.29) is 5.97 Å². The van der Waals surface area contributed by atoms with Gasteiger partial charge in [0.15, 0.2) is 5.96 Å². The lowest BCUT2D eigenvalue weighted by Gasteiger charge is -2.13. The third-order valence-electron chi connectivity index (χ3n) is 4.81. The molecule has 2 N–H and O–H groups in total. The molecule has 0 bridgehead atoms. The van der Waals surface area contributed by atoms with Gasteiger partial charge in [0.1, 0.15) is 0 Å². The summed E-state index contributed by atoms with van der Waals surface area (Å²) in [4.78, 5) is 15.9. The van der Waals surface area contributed by atoms with Gasteiger partial charge in [-0.3, -0.25) is 4.79 Å². The van der Waals surface area contributed by atoms with Crippen LogP contribution in [0.2, 0.25) is 0 Å². The molecule has 1 aromatic heterocycles. The second-order valence-corrected chi connectivity index (χ2v) is 7.33. The number of esters is 1. The number of nitrogens with zero attached hydrogens (tertiary/aromatic N) is 3. The number of ether oxygens (including phenoxy) is 1. The van der Waals surface area contributed by atoms with Crippen LogP contribution in [0.15, 0.2) is 35.3 Å². The van der Waals surface area contributed by atoms with Gasteiger partial charge in [0.05, 0.1) is 25.0 Å². The van der Waals surface area contributed by atoms with Gasteiger partial charge in [0, 0.05) is 25.2 Å². The first-order chi connectivity index (χ1) is 14.5. The Hall–Kier alpha value is -2.83. The Morgan fingerprint density at radius 2 is 1.90 bits per heavy atom. The number of benzene rings is 1. The van der Waals surface area contributed by atoms with E-state index in [4.69, 9.17) is 4.99 Å². The van der Waals surface area contributed by atoms with E-state index in [1.54, 1.807) is 0 Å². The molecule has 0 fully saturated rings. The van der Waals surface area contributed by atoms with E-state index in [2.05, 4.69) is 52.5 Å². The third kappa shape index (κ3) is 7.54. The SMILES string of the molecule is CCNC(=NCc1ccccc1-n1nc(C)cc1C)NCCCCCCC(=O)OC. The molecule has 1 heterocycles. The van der Waals surface area contributed by atoms with Crippen molar-refractivity contribution in [3.8, 4) is 5.69 Å². The first kappa shape index (κ1) is 23.4. The Kier molecular flexibility index (Phi) is 9.91. The number of carbonyl (C=O) groups excluding carboxylic acids is 1. The normalized spacial score (nSPS) is 11.4. The van der Waals surface area contributed by atoms with Crippen molar-refractivity contribution in [2.75, 3.05) is 20.2 Å². The maximum Gasteiger partial charge on any atom is 0.305 e. The summed E-state index contributed by atoms with van der Waals surface area (Å²) in [5.74, 6) is 0.686. The summed E-state index contributed by atoms with van der Waals surface area (Å²) in [6, 6.07) is 10.3. The summed E-state index contributed by atoms with van der Waals surface area (Å²) < 4.78 is 6.64. The minimum absolute atomic E-state index is 0.129. The lowest BCUT2D eigenvalue weighted by Crippen LogP contribution is -2.37. The number of aliphatic imine (C=N–C) groups is 1. The molecule has 2 rings (SSSR count). The molecule has 0 aliphatic carbocycles. The van der Waals surface area contributed by atoms with E-state index in [1.165, 1.54) is 7.11 Å². The van der Waals surface area contributed by atoms with Crippen LogP contribution < -0.4 is 10.6 Å². The molecular weight excluding hydrogens is 378 g/mol. The molecule has 2 aromatic rings. The Morgan fingerprint density at radius 3 is 2.60 bits per heavy atom. The molecule has 164 valence electrons. The van der Waals surface area contributed by atoms with Gasteiger partial charge >= 0.3 is 5.97 Å². The number of hydrogen-bond donors (Lipinski definition) is 2. The van der Waals surface area contributed by atoms with Crippen LogP contribution in [0.5, 0.6) is 0 Å². The Balaban J connectivity index is 1.89. The van der Waals surface area contributed by atoms with Crippen molar-refractivity contribution in [3.05, 3.63) is 47.3 Å². The molecule has 0 unspecified atom stereocenters. The van der Waals surface area contributed by atoms with Gasteiger partial charge in [-0.1, -0.05) is 31.0 Å². The topological polar surface area (TPSA) is 80.5 Å². The first-order valence-electron chi connectivity index (χ1n) is 10.8. The molecular formula is C23H35N5O2. The van der Waals surface area contributed by atoms with Gasteiger partial charge in [-0.25, -0.2) is 9.67 Å². The molecule has 7 nitrogen and oxygen atoms in total. The smallest absolute Gasteiger partial charge is 0.305 e. The summed E-state index contributed by atoms with van der Waals surface area (Å²) in [6.07, 6.45) is 4.52. The lowest BCUT2D eigenvalue weighted by atomic mass is 10.1. The fraction of sp³-hybridized carbons (Fsp3) is 0.522. The predicted molar refractivity (Wildman–Crippen MR) is 121 cm³/mol. The molecule has 30 heavy (non-hydrogen) atoms. The Labute approximate surface area is 179 Å². The highest BCUT2D eigenvalue weighted by Crippen LogP contribution is 2.17. The van der Waals surface area contributed by atoms with E-state index >= 15 is 0 Å². The zero-order chi connectivity index (χ0) is 21.8. The minimum Gasteiger partial charge on any atom is -0.469 e. The van der Waals surface area contributed by atoms with Crippen molar-refractivity contribution in [1.29, 1.82) is 0 Å². The van der Waals surface area contributed by atoms with Gasteiger partial charge in [0.2, 0.25) is 0 Å². The van der Waals surface area contributed by atoms with Crippen LogP contribution in [-0.4, -0.2) is 41.9 Å². The van der Waals surface area contributed by atoms with Gasteiger partial charge in [-0.05, 0) is 51.3 Å². The van der Waals surface area contributed by atoms with Crippen LogP contribution >= 0.6 is 0 Å². The number of para-hydroxylation sites is 1. The highest BCUT2D eigenvalue weighted by atomic mass is 16.5. The van der Waals surface area contributed by atoms with Crippen LogP contribution in [0.3, 0.4) is 0 Å². The fourth-order valence-corrected chi connectivity index (χ4v) is 3.29. The van der Waals surface area contributed by atoms with Crippen LogP contribution in [0.25, 0.3) is 5.69 Å². The monoisotopic (exact) mass is 413 g/mol. The number of carbonyl (C=O) groups is 1. The van der Waals surface area contributed by atoms with Crippen molar-refractivity contribution in [3.63, 3.8) is 0 Å². The summed E-state index contributed by atoms with van der Waals surface area (Å²) in [5.41, 5.74) is 4.31. The second kappa shape index (κ2) is 12.7. The molecule has 0 saturated carbocycles. The number of hydrogen-bond acceptors (Lipinski definition) is 4. The van der Waals surface area contributed by atoms with Crippen LogP contribution in [0.1, 0.15) is 56.0 Å². The van der Waals surface area contributed by atoms with Crippen molar-refractivity contribution in [2.24, 2.45) is 4.99 Å². The maximum absolute atomic E-state index is 11.1. The Morgan fingerprint density at radius 1 is 1.13 bits per heavy atom. The Bertz CT molecular complexity index is 829. The number of methoxy groups -OCH3 is 1. The predicted octanol–water partition coefficient (Wildman–Crippen LogP) is 3.67. The minimum atomic E-state index is -0.129. The van der Waals surface area contributed by atoms with E-state index in [9.17, 15) is 4.79 Å². The van der Waals surface area contributed by atoms with Crippen LogP contribution in [-0.2, 0) is 16.1 Å². The quantitative estimate of drug-likeness (QED) is 0.254. The average Bonchev–Trinajstić information content (AvgIpc) is 3.08. The fourth-order valence-electron chi connectivity index (χ4n) is 3.29. The second-order valence-electron chi connectivity index (χ2n) is 7.33. The van der Waals surface area contributed by atoms with Crippen molar-refractivity contribution in [2.45, 2.75) is 59.4 Å². The number of aryl methyl sites for hydroxylation is 2. The molecule has 7 heteroatoms. The third-order valence-corrected chi connectivity index (χ3v) is 4.81. The highest BCUT2D eigenvalue weighted by Gasteiger charge is 2.08. The van der Waals surface area contributed by atoms with Gasteiger partial charge in [-0.2, -0.15) is 5.10 Å². The summed E-state index contributed by atoms with van der Waals surface area (Å²) in [5, 5.41) is 11.3. The zero-order valence-electron chi connectivity index (χ0n) is 18.7. The van der Waals surface area contributed by atoms with E-state index in [0.29, 0.717) is 13.0 Å². The van der Waals surface area contributed by atoms with Crippen LogP contribution in [0.4, 0.5) is 0 Å². The summed E-state index contributed by atoms with van der Waals surface area (Å²) in [6.45, 7) is 8.37. The van der Waals surface area contributed by atoms with Crippen molar-refractivity contribution >= 4 is 11.9 Å². The lowest BCUT2D eigenvalue weighted by molar-refractivity contribution is -0.140. The molecule has 0 amide bonds. The molecule has 0 atom stereocenters. The highest BCUT2D eigenvalue weighted by molar-refractivity contribution is 5.79. The molecule has 0 saturated heterocycles. The molecule has 0 aliphatic rings. The average molecular weight is 414 g/mol. The van der Waals surface area contributed by atoms with Gasteiger partial charge in [0.25, 0.3) is 0 Å². The molecule has 0 radical (unpaired) electrons. The molecule has 0 spiro atoms. The zero-order valence-corrected chi connectivity index (χ0v) is 18.7. The van der Waals surface area contributed by atoms with Gasteiger partial charge in [-0.15, -0.1) is 0 Å². The van der Waals surface area contributed by atoms with E-state index < -0.39 is 0 Å². The standard InChI is InChI=1S/C23H35N5O2/c1-5-24-23(25-15-11-7-6-8-14-22(29)30-4)26-17-20-12-9-10-13-21(20)28-19(3)16-18(2)27-28/h9-10,12-13,16H,5-8,11,14-15,17H2,1-4H3,(H2,24,25,26). The largest absolute Gasteiger partial charge is 0.469 e. The number of nitrogens with one attached hydrogen (secondary N) is 2. The van der Waals surface area contributed by atoms with Crippen molar-refractivity contribution in [1.82, 2.24) is 20.4 Å². The number of guanidine groups is 1. The van der Waals surface area contributed by atoms with Crippen molar-refractivity contribution < 1.29 is 9.53 Å². The van der Waals surface area contributed by atoms with Crippen LogP contribution in [0, 0.1) is 13.8 Å². The summed E-state index contributed by atoms with van der Waals surface area (Å²) in [7, 11) is 1.43. The maximum atomic E-state index is 11.1. The van der Waals surface area contributed by atoms with E-state index in [0.717, 1.165) is 67.4 Å². The first-order valence-corrected chi connectivity index (χ1v) is 10.8. The number of unbranched alkanes of at least 4 members (excludes halogenated alkanes) is 3. The molecule has 1 aromatic carbocycles. The summed E-state index contributed by atoms with van der Waals surface area (Å²) >= 11 is 0. The number of rotatable bonds is 11. The molecule has 0 aliphatic heterocycles. The number of aromatic nitrogens is 2.